The fraction of sp³-hybridized carbons (Fsp3) is 0.261. The third-order valence-electron chi connectivity index (χ3n) is 5.63. The highest BCUT2D eigenvalue weighted by Crippen LogP contribution is 2.54. The van der Waals surface area contributed by atoms with E-state index in [1.807, 2.05) is 0 Å². The molecule has 3 atom stereocenters. The number of benzene rings is 2. The van der Waals surface area contributed by atoms with Crippen molar-refractivity contribution in [2.75, 3.05) is 6.61 Å². The average Bonchev–Trinajstić information content (AvgIpc) is 2.76. The number of Topliss-reactive ketones (excluding diaryl/α,β-unsaturated/α-hetero) is 2. The summed E-state index contributed by atoms with van der Waals surface area (Å²) in [7, 11) is 0. The third-order valence-corrected chi connectivity index (χ3v) is 5.63. The van der Waals surface area contributed by atoms with Crippen LogP contribution in [-0.2, 0) is 14.3 Å². The summed E-state index contributed by atoms with van der Waals surface area (Å²) >= 11 is 0. The number of phenols is 1. The van der Waals surface area contributed by atoms with Crippen LogP contribution in [0.15, 0.2) is 59.9 Å². The second-order valence-electron chi connectivity index (χ2n) is 7.54. The molecule has 2 N–H and O–H groups in total. The lowest BCUT2D eigenvalue weighted by molar-refractivity contribution is -0.375. The molecule has 2 aromatic rings. The molecule has 0 spiro atoms. The molecule has 33 heavy (non-hydrogen) atoms. The van der Waals surface area contributed by atoms with Crippen molar-refractivity contribution in [3.05, 3.63) is 76.6 Å². The van der Waals surface area contributed by atoms with Gasteiger partial charge < -0.3 is 19.7 Å². The maximum Gasteiger partial charge on any atom is 0.456 e. The van der Waals surface area contributed by atoms with Gasteiger partial charge in [0.15, 0.2) is 11.5 Å². The predicted molar refractivity (Wildman–Crippen MR) is 105 cm³/mol. The molecule has 0 radical (unpaired) electrons. The molecule has 0 saturated carbocycles. The Kier molecular flexibility index (Phi) is 5.28. The molecule has 1 aliphatic heterocycles. The number of phenolic OH excluding ortho intramolecular Hbond substituents is 1. The SMILES string of the molecule is CCOC(=O)[C@H]1[C@H](c2ccc(O)cc2)C2=C(O[C@]1(O)C(F)(F)F)C(=O)c1ccccc1C2=O. The minimum absolute atomic E-state index is 0.0372. The zero-order chi connectivity index (χ0) is 24.1. The van der Waals surface area contributed by atoms with Gasteiger partial charge in [-0.15, -0.1) is 0 Å². The molecule has 1 aliphatic carbocycles. The Hall–Kier alpha value is -3.66. The molecule has 0 amide bonds. The van der Waals surface area contributed by atoms with E-state index in [2.05, 4.69) is 0 Å². The van der Waals surface area contributed by atoms with Gasteiger partial charge in [-0.3, -0.25) is 14.4 Å². The highest BCUT2D eigenvalue weighted by Gasteiger charge is 2.70. The van der Waals surface area contributed by atoms with Gasteiger partial charge in [0.05, 0.1) is 12.2 Å². The molecule has 7 nitrogen and oxygen atoms in total. The number of ether oxygens (including phenoxy) is 2. The Bertz CT molecular complexity index is 1180. The monoisotopic (exact) mass is 462 g/mol. The number of aromatic hydroxyl groups is 1. The van der Waals surface area contributed by atoms with Gasteiger partial charge in [0.1, 0.15) is 11.7 Å². The average molecular weight is 462 g/mol. The van der Waals surface area contributed by atoms with Crippen molar-refractivity contribution < 1.29 is 47.2 Å². The largest absolute Gasteiger partial charge is 0.508 e. The van der Waals surface area contributed by atoms with Crippen molar-refractivity contribution in [2.24, 2.45) is 5.92 Å². The van der Waals surface area contributed by atoms with Crippen LogP contribution in [0.3, 0.4) is 0 Å². The van der Waals surface area contributed by atoms with Gasteiger partial charge >= 0.3 is 17.9 Å². The normalized spacial score (nSPS) is 24.6. The number of hydrogen-bond acceptors (Lipinski definition) is 7. The molecule has 10 heteroatoms. The fourth-order valence-corrected chi connectivity index (χ4v) is 4.17. The Morgan fingerprint density at radius 2 is 1.64 bits per heavy atom. The van der Waals surface area contributed by atoms with Gasteiger partial charge in [-0.2, -0.15) is 13.2 Å². The summed E-state index contributed by atoms with van der Waals surface area (Å²) in [6.07, 6.45) is -5.54. The number of carbonyl (C=O) groups excluding carboxylic acids is 3. The summed E-state index contributed by atoms with van der Waals surface area (Å²) in [6.45, 7) is 1.05. The maximum atomic E-state index is 14.2. The van der Waals surface area contributed by atoms with Gasteiger partial charge in [0, 0.05) is 17.0 Å². The van der Waals surface area contributed by atoms with Crippen LogP contribution in [0.1, 0.15) is 39.1 Å². The second kappa shape index (κ2) is 7.73. The number of ketones is 2. The number of fused-ring (bicyclic) bond motifs is 1. The standard InChI is InChI=1S/C23H17F3O7/c1-2-32-21(30)17-15(11-7-9-12(27)10-8-11)16-18(28)13-5-3-4-6-14(13)19(29)20(16)33-22(17,31)23(24,25)26/h3-10,15,17,27,31H,2H2,1H3/t15-,17-,22+/m1/s1. The smallest absolute Gasteiger partial charge is 0.456 e. The lowest BCUT2D eigenvalue weighted by Gasteiger charge is -2.45. The minimum atomic E-state index is -5.54. The van der Waals surface area contributed by atoms with Crippen LogP contribution in [0.4, 0.5) is 13.2 Å². The molecular weight excluding hydrogens is 445 g/mol. The molecule has 2 aliphatic rings. The highest BCUT2D eigenvalue weighted by atomic mass is 19.4. The van der Waals surface area contributed by atoms with E-state index in [0.29, 0.717) is 0 Å². The molecule has 4 rings (SSSR count). The molecule has 2 aromatic carbocycles. The molecule has 0 saturated heterocycles. The van der Waals surface area contributed by atoms with Gasteiger partial charge in [-0.05, 0) is 24.6 Å². The summed E-state index contributed by atoms with van der Waals surface area (Å²) in [5, 5.41) is 20.4. The number of halogens is 3. The van der Waals surface area contributed by atoms with Gasteiger partial charge in [0.25, 0.3) is 0 Å². The first-order chi connectivity index (χ1) is 15.5. The van der Waals surface area contributed by atoms with Gasteiger partial charge in [-0.1, -0.05) is 36.4 Å². The molecule has 0 aromatic heterocycles. The quantitative estimate of drug-likeness (QED) is 0.674. The minimum Gasteiger partial charge on any atom is -0.508 e. The van der Waals surface area contributed by atoms with Crippen molar-refractivity contribution in [1.29, 1.82) is 0 Å². The number of alkyl halides is 3. The number of esters is 1. The van der Waals surface area contributed by atoms with E-state index in [0.717, 1.165) is 12.1 Å². The van der Waals surface area contributed by atoms with E-state index in [9.17, 15) is 37.8 Å². The summed E-state index contributed by atoms with van der Waals surface area (Å²) in [6, 6.07) is 10.1. The zero-order valence-corrected chi connectivity index (χ0v) is 17.1. The number of aliphatic hydroxyl groups is 1. The van der Waals surface area contributed by atoms with Crippen molar-refractivity contribution in [3.63, 3.8) is 0 Å². The number of allylic oxidation sites excluding steroid dienone is 2. The van der Waals surface area contributed by atoms with Crippen LogP contribution in [0.5, 0.6) is 5.75 Å². The van der Waals surface area contributed by atoms with E-state index >= 15 is 0 Å². The van der Waals surface area contributed by atoms with Gasteiger partial charge in [-0.25, -0.2) is 0 Å². The first kappa shape index (κ1) is 22.5. The van der Waals surface area contributed by atoms with E-state index in [1.165, 1.54) is 43.3 Å². The Labute approximate surface area is 185 Å². The topological polar surface area (TPSA) is 110 Å². The van der Waals surface area contributed by atoms with Crippen molar-refractivity contribution in [3.8, 4) is 5.75 Å². The first-order valence-corrected chi connectivity index (χ1v) is 9.87. The molecule has 172 valence electrons. The highest BCUT2D eigenvalue weighted by molar-refractivity contribution is 6.27. The third kappa shape index (κ3) is 3.37. The van der Waals surface area contributed by atoms with Crippen LogP contribution >= 0.6 is 0 Å². The van der Waals surface area contributed by atoms with E-state index in [1.54, 1.807) is 0 Å². The molecule has 0 fully saturated rings. The Morgan fingerprint density at radius 3 is 2.18 bits per heavy atom. The maximum absolute atomic E-state index is 14.2. The lowest BCUT2D eigenvalue weighted by atomic mass is 9.69. The second-order valence-corrected chi connectivity index (χ2v) is 7.54. The zero-order valence-electron chi connectivity index (χ0n) is 17.1. The Balaban J connectivity index is 2.05. The number of rotatable bonds is 3. The predicted octanol–water partition coefficient (Wildman–Crippen LogP) is 3.27. The fourth-order valence-electron chi connectivity index (χ4n) is 4.17. The Morgan fingerprint density at radius 1 is 1.06 bits per heavy atom. The van der Waals surface area contributed by atoms with Crippen LogP contribution in [0.2, 0.25) is 0 Å². The molecular formula is C23H17F3O7. The van der Waals surface area contributed by atoms with Crippen molar-refractivity contribution in [1.82, 2.24) is 0 Å². The summed E-state index contributed by atoms with van der Waals surface area (Å²) < 4.78 is 52.1. The van der Waals surface area contributed by atoms with Crippen LogP contribution in [0, 0.1) is 5.92 Å². The van der Waals surface area contributed by atoms with Crippen molar-refractivity contribution >= 4 is 17.5 Å². The summed E-state index contributed by atoms with van der Waals surface area (Å²) in [5.41, 5.74) is -0.806. The van der Waals surface area contributed by atoms with Crippen LogP contribution in [0.25, 0.3) is 0 Å². The summed E-state index contributed by atoms with van der Waals surface area (Å²) in [5.74, 6) is -12.9. The lowest BCUT2D eigenvalue weighted by Crippen LogP contribution is -2.61. The summed E-state index contributed by atoms with van der Waals surface area (Å²) in [4.78, 5) is 39.2. The van der Waals surface area contributed by atoms with Crippen molar-refractivity contribution in [2.45, 2.75) is 24.8 Å². The van der Waals surface area contributed by atoms with E-state index in [-0.39, 0.29) is 29.0 Å². The van der Waals surface area contributed by atoms with Gasteiger partial charge in [0.2, 0.25) is 5.78 Å². The van der Waals surface area contributed by atoms with Crippen LogP contribution in [-0.4, -0.2) is 46.3 Å². The van der Waals surface area contributed by atoms with E-state index < -0.39 is 52.7 Å². The molecule has 0 unspecified atom stereocenters. The molecule has 0 bridgehead atoms. The number of carbonyl (C=O) groups is 3. The molecule has 1 heterocycles. The van der Waals surface area contributed by atoms with Crippen LogP contribution < -0.4 is 0 Å². The number of hydrogen-bond donors (Lipinski definition) is 2. The first-order valence-electron chi connectivity index (χ1n) is 9.87. The van der Waals surface area contributed by atoms with E-state index in [4.69, 9.17) is 9.47 Å².